The van der Waals surface area contributed by atoms with Gasteiger partial charge in [0.2, 0.25) is 5.88 Å². The van der Waals surface area contributed by atoms with Gasteiger partial charge in [0.15, 0.2) is 0 Å². The molecule has 2 aromatic rings. The Morgan fingerprint density at radius 3 is 2.50 bits per heavy atom. The molecule has 2 fully saturated rings. The van der Waals surface area contributed by atoms with E-state index in [9.17, 15) is 9.90 Å². The average molecular weight is 411 g/mol. The van der Waals surface area contributed by atoms with E-state index in [2.05, 4.69) is 9.97 Å². The number of ether oxygens (including phenoxy) is 1. The minimum absolute atomic E-state index is 0.0120. The Hall–Kier alpha value is -2.67. The Balaban J connectivity index is 1.58. The van der Waals surface area contributed by atoms with Gasteiger partial charge in [0.1, 0.15) is 0 Å². The summed E-state index contributed by atoms with van der Waals surface area (Å²) in [4.78, 5) is 26.0. The van der Waals surface area contributed by atoms with Crippen LogP contribution in [-0.4, -0.2) is 44.2 Å². The lowest BCUT2D eigenvalue weighted by Gasteiger charge is -2.40. The first-order chi connectivity index (χ1) is 14.5. The van der Waals surface area contributed by atoms with E-state index in [0.29, 0.717) is 24.7 Å². The number of anilines is 1. The maximum absolute atomic E-state index is 13.5. The van der Waals surface area contributed by atoms with Gasteiger partial charge >= 0.3 is 6.03 Å². The highest BCUT2D eigenvalue weighted by Gasteiger charge is 2.50. The highest BCUT2D eigenvalue weighted by atomic mass is 16.5. The molecule has 0 unspecified atom stereocenters. The minimum atomic E-state index is -0.155. The van der Waals surface area contributed by atoms with E-state index in [4.69, 9.17) is 4.74 Å². The molecule has 0 atom stereocenters. The molecule has 0 radical (unpaired) electrons. The van der Waals surface area contributed by atoms with Crippen LogP contribution in [0.25, 0.3) is 0 Å². The number of nitrogens with zero attached hydrogens (tertiary/aromatic N) is 4. The first kappa shape index (κ1) is 20.6. The van der Waals surface area contributed by atoms with Crippen molar-refractivity contribution >= 4 is 11.7 Å². The van der Waals surface area contributed by atoms with Crippen molar-refractivity contribution in [2.75, 3.05) is 11.4 Å². The third-order valence-corrected chi connectivity index (χ3v) is 6.05. The number of pyridine rings is 2. The summed E-state index contributed by atoms with van der Waals surface area (Å²) in [6.07, 6.45) is 9.09. The SMILES string of the molecule is CC(C)Oc1ccc(CN2C(=O)N(c3ccc(CO)nc3)CC23CCCCC3)cn1. The van der Waals surface area contributed by atoms with Crippen molar-refractivity contribution in [2.45, 2.75) is 70.7 Å². The van der Waals surface area contributed by atoms with Crippen LogP contribution in [0, 0.1) is 0 Å². The lowest BCUT2D eigenvalue weighted by Crippen LogP contribution is -2.48. The van der Waals surface area contributed by atoms with Crippen LogP contribution < -0.4 is 9.64 Å². The summed E-state index contributed by atoms with van der Waals surface area (Å²) >= 11 is 0. The summed E-state index contributed by atoms with van der Waals surface area (Å²) in [5.41, 5.74) is 2.23. The topological polar surface area (TPSA) is 78.8 Å². The van der Waals surface area contributed by atoms with E-state index in [1.54, 1.807) is 12.3 Å². The first-order valence-electron chi connectivity index (χ1n) is 10.8. The van der Waals surface area contributed by atoms with E-state index in [0.717, 1.165) is 36.9 Å². The lowest BCUT2D eigenvalue weighted by atomic mass is 9.81. The zero-order chi connectivity index (χ0) is 21.1. The summed E-state index contributed by atoms with van der Waals surface area (Å²) in [5.74, 6) is 0.602. The number of hydrogen-bond donors (Lipinski definition) is 1. The van der Waals surface area contributed by atoms with Crippen molar-refractivity contribution in [3.63, 3.8) is 0 Å². The van der Waals surface area contributed by atoms with Gasteiger partial charge in [-0.05, 0) is 44.4 Å². The second-order valence-electron chi connectivity index (χ2n) is 8.58. The summed E-state index contributed by atoms with van der Waals surface area (Å²) in [7, 11) is 0. The van der Waals surface area contributed by atoms with Gasteiger partial charge in [-0.2, -0.15) is 0 Å². The number of urea groups is 1. The molecule has 1 spiro atoms. The molecule has 7 heteroatoms. The smallest absolute Gasteiger partial charge is 0.325 e. The number of aliphatic hydroxyl groups is 1. The van der Waals surface area contributed by atoms with Crippen LogP contribution in [0.1, 0.15) is 57.2 Å². The largest absolute Gasteiger partial charge is 0.475 e. The van der Waals surface area contributed by atoms with Crippen LogP contribution >= 0.6 is 0 Å². The van der Waals surface area contributed by atoms with Crippen molar-refractivity contribution in [1.82, 2.24) is 14.9 Å². The van der Waals surface area contributed by atoms with Crippen LogP contribution in [0.2, 0.25) is 0 Å². The molecule has 1 saturated carbocycles. The van der Waals surface area contributed by atoms with Crippen molar-refractivity contribution in [3.05, 3.63) is 47.9 Å². The maximum Gasteiger partial charge on any atom is 0.325 e. The molecule has 1 aliphatic heterocycles. The van der Waals surface area contributed by atoms with Crippen molar-refractivity contribution in [1.29, 1.82) is 0 Å². The van der Waals surface area contributed by atoms with Gasteiger partial charge in [-0.1, -0.05) is 25.3 Å². The number of rotatable bonds is 6. The standard InChI is InChI=1S/C23H30N4O3/c1-17(2)30-21-9-6-18(12-25-21)14-27-22(29)26(16-23(27)10-4-3-5-11-23)20-8-7-19(15-28)24-13-20/h6-9,12-13,17,28H,3-5,10-11,14-16H2,1-2H3. The quantitative estimate of drug-likeness (QED) is 0.781. The van der Waals surface area contributed by atoms with Gasteiger partial charge < -0.3 is 14.7 Å². The molecule has 3 heterocycles. The molecule has 1 saturated heterocycles. The predicted octanol–water partition coefficient (Wildman–Crippen LogP) is 3.90. The van der Waals surface area contributed by atoms with Crippen LogP contribution in [0.3, 0.4) is 0 Å². The summed E-state index contributed by atoms with van der Waals surface area (Å²) in [5, 5.41) is 9.25. The Labute approximate surface area is 177 Å². The molecule has 1 aliphatic carbocycles. The second-order valence-corrected chi connectivity index (χ2v) is 8.58. The summed E-state index contributed by atoms with van der Waals surface area (Å²) in [6, 6.07) is 7.53. The highest BCUT2D eigenvalue weighted by Crippen LogP contribution is 2.41. The van der Waals surface area contributed by atoms with Gasteiger partial charge in [0.05, 0.1) is 42.4 Å². The van der Waals surface area contributed by atoms with E-state index < -0.39 is 0 Å². The monoisotopic (exact) mass is 410 g/mol. The molecule has 30 heavy (non-hydrogen) atoms. The Morgan fingerprint density at radius 1 is 1.10 bits per heavy atom. The molecule has 2 amide bonds. The molecular formula is C23H30N4O3. The fourth-order valence-corrected chi connectivity index (χ4v) is 4.54. The van der Waals surface area contributed by atoms with Crippen LogP contribution in [-0.2, 0) is 13.2 Å². The molecule has 2 aromatic heterocycles. The minimum Gasteiger partial charge on any atom is -0.475 e. The molecular weight excluding hydrogens is 380 g/mol. The Kier molecular flexibility index (Phi) is 5.90. The number of aromatic nitrogens is 2. The van der Waals surface area contributed by atoms with Gasteiger partial charge in [-0.25, -0.2) is 9.78 Å². The first-order valence-corrected chi connectivity index (χ1v) is 10.8. The zero-order valence-corrected chi connectivity index (χ0v) is 17.8. The van der Waals surface area contributed by atoms with Crippen LogP contribution in [0.4, 0.5) is 10.5 Å². The molecule has 0 aromatic carbocycles. The summed E-state index contributed by atoms with van der Waals surface area (Å²) < 4.78 is 5.64. The third-order valence-electron chi connectivity index (χ3n) is 6.05. The van der Waals surface area contributed by atoms with Gasteiger partial charge in [0.25, 0.3) is 0 Å². The van der Waals surface area contributed by atoms with Crippen LogP contribution in [0.15, 0.2) is 36.7 Å². The molecule has 160 valence electrons. The molecule has 0 bridgehead atoms. The maximum atomic E-state index is 13.5. The number of aliphatic hydroxyl groups excluding tert-OH is 1. The van der Waals surface area contributed by atoms with Crippen molar-refractivity contribution in [3.8, 4) is 5.88 Å². The fraction of sp³-hybridized carbons (Fsp3) is 0.522. The molecule has 1 N–H and O–H groups in total. The van der Waals surface area contributed by atoms with E-state index in [-0.39, 0.29) is 24.3 Å². The zero-order valence-electron chi connectivity index (χ0n) is 17.8. The van der Waals surface area contributed by atoms with Crippen molar-refractivity contribution in [2.24, 2.45) is 0 Å². The molecule has 2 aliphatic rings. The fourth-order valence-electron chi connectivity index (χ4n) is 4.54. The number of hydrogen-bond acceptors (Lipinski definition) is 5. The molecule has 4 rings (SSSR count). The molecule has 7 nitrogen and oxygen atoms in total. The van der Waals surface area contributed by atoms with E-state index >= 15 is 0 Å². The Morgan fingerprint density at radius 2 is 1.90 bits per heavy atom. The number of amides is 2. The predicted molar refractivity (Wildman–Crippen MR) is 114 cm³/mol. The number of carbonyl (C=O) groups is 1. The normalized spacial score (nSPS) is 18.5. The second kappa shape index (κ2) is 8.60. The highest BCUT2D eigenvalue weighted by molar-refractivity contribution is 5.95. The lowest BCUT2D eigenvalue weighted by molar-refractivity contribution is 0.113. The van der Waals surface area contributed by atoms with E-state index in [1.807, 2.05) is 48.0 Å². The van der Waals surface area contributed by atoms with Gasteiger partial charge in [0, 0.05) is 18.8 Å². The Bertz CT molecular complexity index is 861. The van der Waals surface area contributed by atoms with Gasteiger partial charge in [-0.15, -0.1) is 0 Å². The average Bonchev–Trinajstić information content (AvgIpc) is 3.01. The third kappa shape index (κ3) is 4.12. The summed E-state index contributed by atoms with van der Waals surface area (Å²) in [6.45, 7) is 5.05. The number of carbonyl (C=O) groups excluding carboxylic acids is 1. The van der Waals surface area contributed by atoms with Crippen LogP contribution in [0.5, 0.6) is 5.88 Å². The van der Waals surface area contributed by atoms with Gasteiger partial charge in [-0.3, -0.25) is 9.88 Å². The van der Waals surface area contributed by atoms with E-state index in [1.165, 1.54) is 6.42 Å². The van der Waals surface area contributed by atoms with Crippen molar-refractivity contribution < 1.29 is 14.6 Å².